The van der Waals surface area contributed by atoms with Crippen molar-refractivity contribution in [2.75, 3.05) is 12.5 Å². The molecular formula is C14H14N2O4S. The average Bonchev–Trinajstić information content (AvgIpc) is 2.47. The van der Waals surface area contributed by atoms with E-state index in [1.807, 2.05) is 24.3 Å². The Hall–Kier alpha value is -2.38. The van der Waals surface area contributed by atoms with Gasteiger partial charge in [-0.15, -0.1) is 0 Å². The van der Waals surface area contributed by atoms with E-state index in [1.54, 1.807) is 13.3 Å². The van der Waals surface area contributed by atoms with Crippen molar-refractivity contribution in [1.82, 2.24) is 0 Å². The zero-order valence-corrected chi connectivity index (χ0v) is 12.0. The van der Waals surface area contributed by atoms with Crippen molar-refractivity contribution < 1.29 is 17.7 Å². The lowest BCUT2D eigenvalue weighted by atomic mass is 10.2. The van der Waals surface area contributed by atoms with E-state index in [2.05, 4.69) is 10.5 Å². The number of ether oxygens (including phenoxy) is 1. The maximum atomic E-state index is 10.9. The highest BCUT2D eigenvalue weighted by Crippen LogP contribution is 2.14. The fourth-order valence-corrected chi connectivity index (χ4v) is 2.05. The van der Waals surface area contributed by atoms with E-state index in [0.29, 0.717) is 5.69 Å². The van der Waals surface area contributed by atoms with E-state index < -0.39 is 10.1 Å². The molecule has 0 saturated heterocycles. The summed E-state index contributed by atoms with van der Waals surface area (Å²) in [6.45, 7) is 0. The number of nitrogens with one attached hydrogen (secondary N) is 1. The third kappa shape index (κ3) is 4.30. The molecule has 2 aromatic carbocycles. The smallest absolute Gasteiger partial charge is 0.294 e. The molecule has 0 amide bonds. The van der Waals surface area contributed by atoms with Gasteiger partial charge in [0.25, 0.3) is 10.1 Å². The third-order valence-corrected chi connectivity index (χ3v) is 3.54. The van der Waals surface area contributed by atoms with E-state index in [1.165, 1.54) is 24.3 Å². The van der Waals surface area contributed by atoms with Crippen molar-refractivity contribution in [2.45, 2.75) is 4.90 Å². The fourth-order valence-electron chi connectivity index (χ4n) is 1.57. The first-order chi connectivity index (χ1) is 9.99. The van der Waals surface area contributed by atoms with Crippen LogP contribution in [0, 0.1) is 0 Å². The summed E-state index contributed by atoms with van der Waals surface area (Å²) in [5.74, 6) is 0.765. The van der Waals surface area contributed by atoms with Crippen molar-refractivity contribution >= 4 is 22.0 Å². The van der Waals surface area contributed by atoms with E-state index in [9.17, 15) is 8.42 Å². The van der Waals surface area contributed by atoms with Gasteiger partial charge in [0.1, 0.15) is 5.75 Å². The molecule has 0 aliphatic carbocycles. The van der Waals surface area contributed by atoms with Crippen LogP contribution in [-0.4, -0.2) is 26.3 Å². The quantitative estimate of drug-likeness (QED) is 0.503. The normalized spacial score (nSPS) is 11.5. The van der Waals surface area contributed by atoms with Gasteiger partial charge in [-0.2, -0.15) is 13.5 Å². The van der Waals surface area contributed by atoms with Crippen LogP contribution in [-0.2, 0) is 10.1 Å². The van der Waals surface area contributed by atoms with Crippen LogP contribution in [0.25, 0.3) is 0 Å². The van der Waals surface area contributed by atoms with Gasteiger partial charge in [0.05, 0.1) is 23.9 Å². The zero-order chi connectivity index (χ0) is 15.3. The summed E-state index contributed by atoms with van der Waals surface area (Å²) in [6, 6.07) is 12.9. The molecule has 0 radical (unpaired) electrons. The Balaban J connectivity index is 2.00. The number of nitrogens with zero attached hydrogens (tertiary/aromatic N) is 1. The summed E-state index contributed by atoms with van der Waals surface area (Å²) in [7, 11) is -2.57. The summed E-state index contributed by atoms with van der Waals surface area (Å²) in [4.78, 5) is -0.160. The second-order valence-electron chi connectivity index (χ2n) is 4.14. The van der Waals surface area contributed by atoms with Crippen LogP contribution in [0.5, 0.6) is 5.75 Å². The Morgan fingerprint density at radius 2 is 1.71 bits per heavy atom. The first-order valence-electron chi connectivity index (χ1n) is 6.00. The number of hydrogen-bond donors (Lipinski definition) is 2. The number of hydrogen-bond acceptors (Lipinski definition) is 5. The second-order valence-corrected chi connectivity index (χ2v) is 5.56. The molecule has 0 unspecified atom stereocenters. The minimum Gasteiger partial charge on any atom is -0.497 e. The molecule has 0 aliphatic rings. The van der Waals surface area contributed by atoms with Gasteiger partial charge in [0, 0.05) is 0 Å². The minimum atomic E-state index is -4.17. The highest BCUT2D eigenvalue weighted by Gasteiger charge is 2.07. The summed E-state index contributed by atoms with van der Waals surface area (Å²) in [5.41, 5.74) is 4.25. The van der Waals surface area contributed by atoms with Crippen molar-refractivity contribution in [3.63, 3.8) is 0 Å². The molecule has 0 fully saturated rings. The van der Waals surface area contributed by atoms with Gasteiger partial charge in [-0.25, -0.2) is 0 Å². The Morgan fingerprint density at radius 1 is 1.10 bits per heavy atom. The highest BCUT2D eigenvalue weighted by atomic mass is 32.2. The summed E-state index contributed by atoms with van der Waals surface area (Å²) < 4.78 is 35.7. The van der Waals surface area contributed by atoms with Gasteiger partial charge in [-0.3, -0.25) is 9.98 Å². The highest BCUT2D eigenvalue weighted by molar-refractivity contribution is 7.85. The monoisotopic (exact) mass is 306 g/mol. The largest absolute Gasteiger partial charge is 0.497 e. The standard InChI is InChI=1S/C14H14N2O4S/c1-20-13-6-2-11(3-7-13)10-15-16-12-4-8-14(9-5-12)21(17,18)19/h2-10,16H,1H3,(H,17,18,19)/b15-10+. The lowest BCUT2D eigenvalue weighted by Gasteiger charge is -2.02. The molecule has 0 saturated carbocycles. The summed E-state index contributed by atoms with van der Waals surface area (Å²) >= 11 is 0. The molecule has 0 bridgehead atoms. The van der Waals surface area contributed by atoms with Gasteiger partial charge in [0.2, 0.25) is 0 Å². The van der Waals surface area contributed by atoms with Crippen LogP contribution in [0.1, 0.15) is 5.56 Å². The maximum Gasteiger partial charge on any atom is 0.294 e. The predicted octanol–water partition coefficient (Wildman–Crippen LogP) is 2.39. The van der Waals surface area contributed by atoms with Gasteiger partial charge in [-0.05, 0) is 54.1 Å². The molecule has 7 heteroatoms. The average molecular weight is 306 g/mol. The maximum absolute atomic E-state index is 10.9. The fraction of sp³-hybridized carbons (Fsp3) is 0.0714. The first kappa shape index (κ1) is 15.0. The molecule has 0 heterocycles. The summed E-state index contributed by atoms with van der Waals surface area (Å²) in [6.07, 6.45) is 1.62. The lowest BCUT2D eigenvalue weighted by Crippen LogP contribution is -1.98. The minimum absolute atomic E-state index is 0.160. The van der Waals surface area contributed by atoms with Gasteiger partial charge in [0.15, 0.2) is 0 Å². The van der Waals surface area contributed by atoms with Crippen LogP contribution in [0.2, 0.25) is 0 Å². The molecule has 0 atom stereocenters. The Morgan fingerprint density at radius 3 is 2.24 bits per heavy atom. The van der Waals surface area contributed by atoms with Crippen LogP contribution < -0.4 is 10.2 Å². The zero-order valence-electron chi connectivity index (χ0n) is 11.2. The number of benzene rings is 2. The van der Waals surface area contributed by atoms with Crippen LogP contribution in [0.4, 0.5) is 5.69 Å². The van der Waals surface area contributed by atoms with Gasteiger partial charge >= 0.3 is 0 Å². The van der Waals surface area contributed by atoms with Crippen LogP contribution >= 0.6 is 0 Å². The molecule has 0 aliphatic heterocycles. The molecular weight excluding hydrogens is 292 g/mol. The van der Waals surface area contributed by atoms with Crippen molar-refractivity contribution in [2.24, 2.45) is 5.10 Å². The number of methoxy groups -OCH3 is 1. The van der Waals surface area contributed by atoms with Crippen molar-refractivity contribution in [3.8, 4) is 5.75 Å². The lowest BCUT2D eigenvalue weighted by molar-refractivity contribution is 0.415. The molecule has 110 valence electrons. The van der Waals surface area contributed by atoms with Crippen LogP contribution in [0.3, 0.4) is 0 Å². The summed E-state index contributed by atoms with van der Waals surface area (Å²) in [5, 5.41) is 4.03. The second kappa shape index (κ2) is 6.38. The molecule has 2 rings (SSSR count). The Bertz CT molecular complexity index is 723. The molecule has 2 N–H and O–H groups in total. The van der Waals surface area contributed by atoms with E-state index in [0.717, 1.165) is 11.3 Å². The molecule has 21 heavy (non-hydrogen) atoms. The molecule has 0 spiro atoms. The van der Waals surface area contributed by atoms with Gasteiger partial charge in [-0.1, -0.05) is 0 Å². The molecule has 0 aromatic heterocycles. The number of rotatable bonds is 5. The molecule has 6 nitrogen and oxygen atoms in total. The van der Waals surface area contributed by atoms with E-state index in [4.69, 9.17) is 9.29 Å². The Labute approximate surface area is 122 Å². The topological polar surface area (TPSA) is 88.0 Å². The molecule has 2 aromatic rings. The first-order valence-corrected chi connectivity index (χ1v) is 7.44. The number of anilines is 1. The third-order valence-electron chi connectivity index (χ3n) is 2.68. The van der Waals surface area contributed by atoms with Crippen molar-refractivity contribution in [1.29, 1.82) is 0 Å². The predicted molar refractivity (Wildman–Crippen MR) is 80.5 cm³/mol. The van der Waals surface area contributed by atoms with Gasteiger partial charge < -0.3 is 4.74 Å². The SMILES string of the molecule is COc1ccc(/C=N/Nc2ccc(S(=O)(=O)O)cc2)cc1. The van der Waals surface area contributed by atoms with E-state index >= 15 is 0 Å². The van der Waals surface area contributed by atoms with E-state index in [-0.39, 0.29) is 4.90 Å². The van der Waals surface area contributed by atoms with Crippen LogP contribution in [0.15, 0.2) is 58.5 Å². The Kier molecular flexibility index (Phi) is 4.56. The number of hydrazone groups is 1. The van der Waals surface area contributed by atoms with Crippen molar-refractivity contribution in [3.05, 3.63) is 54.1 Å².